The van der Waals surface area contributed by atoms with Crippen LogP contribution in [0.3, 0.4) is 0 Å². The number of carboxylic acids is 2. The van der Waals surface area contributed by atoms with Gasteiger partial charge in [-0.25, -0.2) is 9.59 Å². The predicted molar refractivity (Wildman–Crippen MR) is 143 cm³/mol. The van der Waals surface area contributed by atoms with Crippen molar-refractivity contribution >= 4 is 29.2 Å². The molecule has 0 radical (unpaired) electrons. The van der Waals surface area contributed by atoms with Crippen LogP contribution < -0.4 is 14.4 Å². The third-order valence-corrected chi connectivity index (χ3v) is 6.28. The van der Waals surface area contributed by atoms with Gasteiger partial charge in [0, 0.05) is 37.7 Å². The molecule has 1 aliphatic rings. The van der Waals surface area contributed by atoms with Crippen molar-refractivity contribution in [3.63, 3.8) is 0 Å². The summed E-state index contributed by atoms with van der Waals surface area (Å²) in [5.74, 6) is -1.60. The van der Waals surface area contributed by atoms with E-state index in [2.05, 4.69) is 35.8 Å². The molecule has 3 N–H and O–H groups in total. The summed E-state index contributed by atoms with van der Waals surface area (Å²) in [6, 6.07) is 12.1. The minimum absolute atomic E-state index is 0.272. The molecule has 2 aromatic rings. The van der Waals surface area contributed by atoms with E-state index in [1.54, 1.807) is 0 Å². The Morgan fingerprint density at radius 1 is 1.00 bits per heavy atom. The second-order valence-corrected chi connectivity index (χ2v) is 9.46. The van der Waals surface area contributed by atoms with Crippen LogP contribution in [0.2, 0.25) is 5.02 Å². The van der Waals surface area contributed by atoms with E-state index < -0.39 is 18.0 Å². The molecule has 1 saturated heterocycles. The minimum atomic E-state index is -1.82. The number of hydrogen-bond acceptors (Lipinski definition) is 7. The molecule has 1 unspecified atom stereocenters. The van der Waals surface area contributed by atoms with E-state index in [0.717, 1.165) is 59.5 Å². The van der Waals surface area contributed by atoms with Crippen LogP contribution >= 0.6 is 11.6 Å². The summed E-state index contributed by atoms with van der Waals surface area (Å²) in [6.07, 6.45) is -0.543. The van der Waals surface area contributed by atoms with Crippen LogP contribution in [-0.4, -0.2) is 84.2 Å². The van der Waals surface area contributed by atoms with Crippen molar-refractivity contribution in [1.82, 2.24) is 4.90 Å². The van der Waals surface area contributed by atoms with Crippen LogP contribution in [0.25, 0.3) is 0 Å². The minimum Gasteiger partial charge on any atom is -0.492 e. The number of aryl methyl sites for hydroxylation is 1. The number of aliphatic hydroxyl groups is 1. The quantitative estimate of drug-likeness (QED) is 0.410. The molecule has 10 heteroatoms. The average molecular weight is 537 g/mol. The first-order valence-electron chi connectivity index (χ1n) is 12.3. The highest BCUT2D eigenvalue weighted by Gasteiger charge is 2.22. The largest absolute Gasteiger partial charge is 0.492 e. The molecule has 0 amide bonds. The van der Waals surface area contributed by atoms with Crippen LogP contribution in [0.5, 0.6) is 11.5 Å². The van der Waals surface area contributed by atoms with Gasteiger partial charge < -0.3 is 29.7 Å². The highest BCUT2D eigenvalue weighted by Crippen LogP contribution is 2.32. The Hall–Kier alpha value is -3.01. The number of anilines is 1. The van der Waals surface area contributed by atoms with E-state index in [0.29, 0.717) is 19.1 Å². The standard InChI is InChI=1S/C25H35ClN2O3.C2H2O4/c1-5-30-24-9-7-6-8-23(24)28-12-10-27(11-13-28)16-20(29)17-31-25-14-19(4)22(26)15-21(25)18(2)3;3-1(4)2(5)6/h6-9,14-15,18,20,29H,5,10-13,16-17H2,1-4H3;(H,3,4)(H,5,6). The Balaban J connectivity index is 0.000000717. The zero-order valence-corrected chi connectivity index (χ0v) is 22.6. The maximum absolute atomic E-state index is 10.6. The van der Waals surface area contributed by atoms with E-state index >= 15 is 0 Å². The lowest BCUT2D eigenvalue weighted by atomic mass is 10.0. The molecule has 1 aliphatic heterocycles. The summed E-state index contributed by atoms with van der Waals surface area (Å²) in [5, 5.41) is 26.1. The summed E-state index contributed by atoms with van der Waals surface area (Å²) < 4.78 is 11.8. The predicted octanol–water partition coefficient (Wildman–Crippen LogP) is 3.89. The molecule has 204 valence electrons. The van der Waals surface area contributed by atoms with Gasteiger partial charge in [-0.1, -0.05) is 37.6 Å². The van der Waals surface area contributed by atoms with E-state index in [4.69, 9.17) is 40.9 Å². The number of hydrogen-bond donors (Lipinski definition) is 3. The van der Waals surface area contributed by atoms with Gasteiger partial charge in [-0.2, -0.15) is 0 Å². The molecule has 3 rings (SSSR count). The average Bonchev–Trinajstić information content (AvgIpc) is 2.86. The number of piperazine rings is 1. The van der Waals surface area contributed by atoms with Gasteiger partial charge in [0.2, 0.25) is 0 Å². The first kappa shape index (κ1) is 30.2. The molecule has 1 heterocycles. The summed E-state index contributed by atoms with van der Waals surface area (Å²) in [6.45, 7) is 13.4. The summed E-state index contributed by atoms with van der Waals surface area (Å²) >= 11 is 6.28. The summed E-state index contributed by atoms with van der Waals surface area (Å²) in [7, 11) is 0. The van der Waals surface area contributed by atoms with E-state index in [1.165, 1.54) is 0 Å². The second-order valence-electron chi connectivity index (χ2n) is 9.06. The molecule has 0 aliphatic carbocycles. The molecule has 37 heavy (non-hydrogen) atoms. The number of para-hydroxylation sites is 2. The van der Waals surface area contributed by atoms with Crippen LogP contribution in [0.15, 0.2) is 36.4 Å². The number of β-amino-alcohol motifs (C(OH)–C–C–N with tert-alkyl or cyclic N) is 1. The molecular formula is C27H37ClN2O7. The smallest absolute Gasteiger partial charge is 0.414 e. The zero-order chi connectivity index (χ0) is 27.5. The molecular weight excluding hydrogens is 500 g/mol. The number of benzene rings is 2. The maximum atomic E-state index is 10.6. The van der Waals surface area contributed by atoms with Gasteiger partial charge in [0.1, 0.15) is 24.2 Å². The number of rotatable bonds is 9. The van der Waals surface area contributed by atoms with Crippen LogP contribution in [0, 0.1) is 6.92 Å². The number of halogens is 1. The van der Waals surface area contributed by atoms with Gasteiger partial charge in [-0.3, -0.25) is 4.90 Å². The van der Waals surface area contributed by atoms with Crippen LogP contribution in [0.1, 0.15) is 37.8 Å². The van der Waals surface area contributed by atoms with Gasteiger partial charge in [-0.15, -0.1) is 0 Å². The van der Waals surface area contributed by atoms with E-state index in [-0.39, 0.29) is 6.61 Å². The van der Waals surface area contributed by atoms with Crippen molar-refractivity contribution < 1.29 is 34.4 Å². The fraction of sp³-hybridized carbons (Fsp3) is 0.481. The lowest BCUT2D eigenvalue weighted by Gasteiger charge is -2.37. The third kappa shape index (κ3) is 9.42. The number of aliphatic carboxylic acids is 2. The Labute approximate surface area is 223 Å². The highest BCUT2D eigenvalue weighted by molar-refractivity contribution is 6.31. The van der Waals surface area contributed by atoms with E-state index in [1.807, 2.05) is 38.1 Å². The van der Waals surface area contributed by atoms with Gasteiger partial charge >= 0.3 is 11.9 Å². The molecule has 0 aromatic heterocycles. The molecule has 1 atom stereocenters. The zero-order valence-electron chi connectivity index (χ0n) is 21.8. The van der Waals surface area contributed by atoms with Crippen molar-refractivity contribution in [2.24, 2.45) is 0 Å². The highest BCUT2D eigenvalue weighted by atomic mass is 35.5. The topological polar surface area (TPSA) is 120 Å². The molecule has 2 aromatic carbocycles. The van der Waals surface area contributed by atoms with Gasteiger partial charge in [0.05, 0.1) is 12.3 Å². The van der Waals surface area contributed by atoms with Crippen molar-refractivity contribution in [2.45, 2.75) is 39.7 Å². The summed E-state index contributed by atoms with van der Waals surface area (Å²) in [4.78, 5) is 22.9. The number of ether oxygens (including phenoxy) is 2. The molecule has 0 saturated carbocycles. The number of carbonyl (C=O) groups is 2. The monoisotopic (exact) mass is 536 g/mol. The van der Waals surface area contributed by atoms with Gasteiger partial charge in [-0.05, 0) is 55.2 Å². The first-order valence-corrected chi connectivity index (χ1v) is 12.7. The fourth-order valence-electron chi connectivity index (χ4n) is 3.95. The number of nitrogens with zero attached hydrogens (tertiary/aromatic N) is 2. The molecule has 0 spiro atoms. The molecule has 9 nitrogen and oxygen atoms in total. The van der Waals surface area contributed by atoms with Crippen LogP contribution in [-0.2, 0) is 9.59 Å². The molecule has 0 bridgehead atoms. The lowest BCUT2D eigenvalue weighted by molar-refractivity contribution is -0.159. The van der Waals surface area contributed by atoms with Crippen molar-refractivity contribution in [3.8, 4) is 11.5 Å². The van der Waals surface area contributed by atoms with Gasteiger partial charge in [0.25, 0.3) is 0 Å². The fourth-order valence-corrected chi connectivity index (χ4v) is 4.12. The lowest BCUT2D eigenvalue weighted by Crippen LogP contribution is -2.49. The maximum Gasteiger partial charge on any atom is 0.414 e. The van der Waals surface area contributed by atoms with Crippen molar-refractivity contribution in [1.29, 1.82) is 0 Å². The number of carboxylic acid groups (broad SMARTS) is 2. The Bertz CT molecular complexity index is 1030. The Morgan fingerprint density at radius 2 is 1.62 bits per heavy atom. The second kappa shape index (κ2) is 14.7. The number of aliphatic hydroxyl groups excluding tert-OH is 1. The van der Waals surface area contributed by atoms with Crippen LogP contribution in [0.4, 0.5) is 5.69 Å². The summed E-state index contributed by atoms with van der Waals surface area (Å²) in [5.41, 5.74) is 3.20. The molecule has 1 fully saturated rings. The van der Waals surface area contributed by atoms with Crippen molar-refractivity contribution in [2.75, 3.05) is 50.8 Å². The first-order chi connectivity index (χ1) is 17.5. The Morgan fingerprint density at radius 3 is 2.19 bits per heavy atom. The normalized spacial score (nSPS) is 14.5. The SMILES string of the molecule is CCOc1ccccc1N1CCN(CC(O)COc2cc(C)c(Cl)cc2C(C)C)CC1.O=C(O)C(=O)O. The van der Waals surface area contributed by atoms with Crippen molar-refractivity contribution in [3.05, 3.63) is 52.5 Å². The van der Waals surface area contributed by atoms with Gasteiger partial charge in [0.15, 0.2) is 0 Å². The Kier molecular flexibility index (Phi) is 12.0. The van der Waals surface area contributed by atoms with E-state index in [9.17, 15) is 5.11 Å². The third-order valence-electron chi connectivity index (χ3n) is 5.87.